The van der Waals surface area contributed by atoms with Gasteiger partial charge in [-0.3, -0.25) is 4.99 Å². The van der Waals surface area contributed by atoms with Crippen LogP contribution >= 0.6 is 24.0 Å². The van der Waals surface area contributed by atoms with E-state index in [1.165, 1.54) is 18.5 Å². The molecule has 6 nitrogen and oxygen atoms in total. The Morgan fingerprint density at radius 2 is 2.00 bits per heavy atom. The number of anilines is 1. The Balaban J connectivity index is 0.00000256. The first-order valence-electron chi connectivity index (χ1n) is 10.9. The summed E-state index contributed by atoms with van der Waals surface area (Å²) in [4.78, 5) is 7.28. The van der Waals surface area contributed by atoms with E-state index in [4.69, 9.17) is 14.1 Å². The Morgan fingerprint density at radius 3 is 2.77 bits per heavy atom. The number of rotatable bonds is 7. The summed E-state index contributed by atoms with van der Waals surface area (Å²) in [5.41, 5.74) is 1.29. The number of halogens is 1. The molecule has 7 heteroatoms. The number of aliphatic imine (C=N–C) groups is 1. The fourth-order valence-corrected chi connectivity index (χ4v) is 4.00. The minimum Gasteiger partial charge on any atom is -0.469 e. The van der Waals surface area contributed by atoms with Gasteiger partial charge >= 0.3 is 0 Å². The number of ether oxygens (including phenoxy) is 1. The van der Waals surface area contributed by atoms with Crippen LogP contribution in [0.4, 0.5) is 5.69 Å². The summed E-state index contributed by atoms with van der Waals surface area (Å²) < 4.78 is 11.3. The van der Waals surface area contributed by atoms with E-state index in [2.05, 4.69) is 45.9 Å². The first-order chi connectivity index (χ1) is 14.4. The van der Waals surface area contributed by atoms with Crippen molar-refractivity contribution in [3.8, 4) is 0 Å². The minimum atomic E-state index is 0. The third-order valence-electron chi connectivity index (χ3n) is 5.62. The Hall–Kier alpha value is -1.74. The molecule has 0 amide bonds. The predicted molar refractivity (Wildman–Crippen MR) is 132 cm³/mol. The van der Waals surface area contributed by atoms with Crippen LogP contribution in [0.3, 0.4) is 0 Å². The third-order valence-corrected chi connectivity index (χ3v) is 5.62. The lowest BCUT2D eigenvalue weighted by Gasteiger charge is -2.23. The summed E-state index contributed by atoms with van der Waals surface area (Å²) in [6.45, 7) is 4.42. The number of nitrogens with one attached hydrogen (secondary N) is 2. The number of benzene rings is 1. The molecule has 30 heavy (non-hydrogen) atoms. The standard InChI is InChI=1S/C23H32N4O2.HI/c1-2-7-20(8-3-1)27-14-12-19(18-27)26-23(24-13-11-21-10-6-16-28-21)25-17-22-9-4-5-15-29-22;/h1-3,6-8,10,16,19,22H,4-5,9,11-15,17-18H2,(H2,24,25,26);1H. The molecule has 3 heterocycles. The summed E-state index contributed by atoms with van der Waals surface area (Å²) in [6, 6.07) is 15.0. The Labute approximate surface area is 196 Å². The van der Waals surface area contributed by atoms with Crippen LogP contribution in [0.5, 0.6) is 0 Å². The minimum absolute atomic E-state index is 0. The smallest absolute Gasteiger partial charge is 0.191 e. The molecule has 2 saturated heterocycles. The van der Waals surface area contributed by atoms with Gasteiger partial charge in [0.05, 0.1) is 18.9 Å². The SMILES string of the molecule is I.c1ccc(N2CCC(NC(=NCC3CCCCO3)NCCc3ccco3)C2)cc1. The molecule has 0 bridgehead atoms. The molecule has 1 aromatic carbocycles. The highest BCUT2D eigenvalue weighted by molar-refractivity contribution is 14.0. The molecule has 0 radical (unpaired) electrons. The van der Waals surface area contributed by atoms with Crippen LogP contribution in [0.2, 0.25) is 0 Å². The van der Waals surface area contributed by atoms with Gasteiger partial charge < -0.3 is 24.7 Å². The van der Waals surface area contributed by atoms with Crippen LogP contribution in [-0.2, 0) is 11.2 Å². The zero-order chi connectivity index (χ0) is 19.7. The van der Waals surface area contributed by atoms with E-state index >= 15 is 0 Å². The summed E-state index contributed by atoms with van der Waals surface area (Å²) >= 11 is 0. The van der Waals surface area contributed by atoms with E-state index in [0.29, 0.717) is 12.6 Å². The van der Waals surface area contributed by atoms with Gasteiger partial charge in [0.25, 0.3) is 0 Å². The molecule has 4 rings (SSSR count). The number of furan rings is 1. The van der Waals surface area contributed by atoms with Gasteiger partial charge in [0.2, 0.25) is 0 Å². The van der Waals surface area contributed by atoms with E-state index in [1.54, 1.807) is 6.26 Å². The molecule has 2 aliphatic rings. The Kier molecular flexibility index (Phi) is 9.32. The first-order valence-corrected chi connectivity index (χ1v) is 10.9. The molecule has 1 aromatic heterocycles. The van der Waals surface area contributed by atoms with Crippen molar-refractivity contribution in [1.29, 1.82) is 0 Å². The van der Waals surface area contributed by atoms with Gasteiger partial charge in [-0.15, -0.1) is 24.0 Å². The van der Waals surface area contributed by atoms with Crippen molar-refractivity contribution in [1.82, 2.24) is 10.6 Å². The third kappa shape index (κ3) is 6.91. The highest BCUT2D eigenvalue weighted by atomic mass is 127. The van der Waals surface area contributed by atoms with Gasteiger partial charge in [0, 0.05) is 44.4 Å². The Morgan fingerprint density at radius 1 is 1.10 bits per heavy atom. The average molecular weight is 524 g/mol. The number of para-hydroxylation sites is 1. The zero-order valence-electron chi connectivity index (χ0n) is 17.5. The van der Waals surface area contributed by atoms with Crippen molar-refractivity contribution in [2.24, 2.45) is 4.99 Å². The largest absolute Gasteiger partial charge is 0.469 e. The van der Waals surface area contributed by atoms with Crippen LogP contribution in [0.1, 0.15) is 31.4 Å². The lowest BCUT2D eigenvalue weighted by Crippen LogP contribution is -2.45. The number of nitrogens with zero attached hydrogens (tertiary/aromatic N) is 2. The van der Waals surface area contributed by atoms with Gasteiger partial charge in [-0.25, -0.2) is 0 Å². The van der Waals surface area contributed by atoms with E-state index in [-0.39, 0.29) is 30.1 Å². The van der Waals surface area contributed by atoms with Crippen molar-refractivity contribution in [3.05, 3.63) is 54.5 Å². The second-order valence-electron chi connectivity index (χ2n) is 7.85. The average Bonchev–Trinajstić information content (AvgIpc) is 3.46. The summed E-state index contributed by atoms with van der Waals surface area (Å²) in [5, 5.41) is 7.13. The van der Waals surface area contributed by atoms with Gasteiger partial charge in [-0.1, -0.05) is 18.2 Å². The second-order valence-corrected chi connectivity index (χ2v) is 7.85. The molecule has 2 aromatic rings. The molecule has 2 N–H and O–H groups in total. The quantitative estimate of drug-likeness (QED) is 0.328. The van der Waals surface area contributed by atoms with E-state index in [1.807, 2.05) is 12.1 Å². The molecule has 2 unspecified atom stereocenters. The van der Waals surface area contributed by atoms with Crippen LogP contribution in [0.15, 0.2) is 58.1 Å². The lowest BCUT2D eigenvalue weighted by atomic mass is 10.1. The fourth-order valence-electron chi connectivity index (χ4n) is 4.00. The summed E-state index contributed by atoms with van der Waals surface area (Å²) in [5.74, 6) is 1.87. The molecule has 164 valence electrons. The second kappa shape index (κ2) is 12.2. The number of hydrogen-bond donors (Lipinski definition) is 2. The molecule has 2 fully saturated rings. The van der Waals surface area contributed by atoms with E-state index < -0.39 is 0 Å². The maximum atomic E-state index is 5.85. The normalized spacial score (nSPS) is 21.9. The van der Waals surface area contributed by atoms with Crippen LogP contribution < -0.4 is 15.5 Å². The van der Waals surface area contributed by atoms with Crippen molar-refractivity contribution in [2.45, 2.75) is 44.2 Å². The van der Waals surface area contributed by atoms with Crippen molar-refractivity contribution in [3.63, 3.8) is 0 Å². The highest BCUT2D eigenvalue weighted by Gasteiger charge is 2.23. The van der Waals surface area contributed by atoms with Crippen molar-refractivity contribution in [2.75, 3.05) is 37.7 Å². The van der Waals surface area contributed by atoms with Crippen LogP contribution in [0.25, 0.3) is 0 Å². The van der Waals surface area contributed by atoms with Crippen LogP contribution in [-0.4, -0.2) is 50.9 Å². The maximum absolute atomic E-state index is 5.85. The van der Waals surface area contributed by atoms with Gasteiger partial charge in [0.15, 0.2) is 5.96 Å². The molecule has 0 spiro atoms. The summed E-state index contributed by atoms with van der Waals surface area (Å²) in [7, 11) is 0. The Bertz CT molecular complexity index is 748. The molecule has 2 atom stereocenters. The van der Waals surface area contributed by atoms with Crippen LogP contribution in [0, 0.1) is 0 Å². The number of hydrogen-bond acceptors (Lipinski definition) is 4. The topological polar surface area (TPSA) is 62.0 Å². The highest BCUT2D eigenvalue weighted by Crippen LogP contribution is 2.19. The number of guanidine groups is 1. The zero-order valence-corrected chi connectivity index (χ0v) is 19.8. The molecule has 0 saturated carbocycles. The van der Waals surface area contributed by atoms with Gasteiger partial charge in [-0.05, 0) is 49.9 Å². The van der Waals surface area contributed by atoms with Crippen molar-refractivity contribution >= 4 is 35.6 Å². The maximum Gasteiger partial charge on any atom is 0.191 e. The van der Waals surface area contributed by atoms with E-state index in [9.17, 15) is 0 Å². The van der Waals surface area contributed by atoms with E-state index in [0.717, 1.165) is 57.2 Å². The van der Waals surface area contributed by atoms with Gasteiger partial charge in [0.1, 0.15) is 5.76 Å². The molecule has 2 aliphatic heterocycles. The first kappa shape index (κ1) is 22.9. The van der Waals surface area contributed by atoms with Gasteiger partial charge in [-0.2, -0.15) is 0 Å². The molecular weight excluding hydrogens is 491 g/mol. The predicted octanol–water partition coefficient (Wildman–Crippen LogP) is 3.82. The monoisotopic (exact) mass is 524 g/mol. The molecule has 0 aliphatic carbocycles. The molecular formula is C23H33IN4O2. The summed E-state index contributed by atoms with van der Waals surface area (Å²) in [6.07, 6.45) is 7.43. The van der Waals surface area contributed by atoms with Crippen molar-refractivity contribution < 1.29 is 9.15 Å². The fraction of sp³-hybridized carbons (Fsp3) is 0.522. The lowest BCUT2D eigenvalue weighted by molar-refractivity contribution is 0.0224.